The molecular formula is C19H24N6O. The van der Waals surface area contributed by atoms with E-state index in [4.69, 9.17) is 0 Å². The van der Waals surface area contributed by atoms with Crippen LogP contribution in [0.4, 0.5) is 4.79 Å². The van der Waals surface area contributed by atoms with Gasteiger partial charge in [0.2, 0.25) is 0 Å². The van der Waals surface area contributed by atoms with Gasteiger partial charge in [0, 0.05) is 30.8 Å². The summed E-state index contributed by atoms with van der Waals surface area (Å²) in [5, 5.41) is 12.4. The first-order valence-electron chi connectivity index (χ1n) is 9.16. The molecular weight excluding hydrogens is 328 g/mol. The van der Waals surface area contributed by atoms with Gasteiger partial charge in [-0.1, -0.05) is 6.07 Å². The second-order valence-corrected chi connectivity index (χ2v) is 6.90. The van der Waals surface area contributed by atoms with Crippen LogP contribution in [0.25, 0.3) is 10.9 Å². The predicted molar refractivity (Wildman–Crippen MR) is 99.5 cm³/mol. The summed E-state index contributed by atoms with van der Waals surface area (Å²) >= 11 is 0. The molecule has 0 bridgehead atoms. The van der Waals surface area contributed by atoms with Gasteiger partial charge in [-0.05, 0) is 55.8 Å². The van der Waals surface area contributed by atoms with Gasteiger partial charge in [-0.2, -0.15) is 0 Å². The number of aromatic nitrogens is 4. The number of carbonyl (C=O) groups is 1. The summed E-state index contributed by atoms with van der Waals surface area (Å²) in [7, 11) is 0. The van der Waals surface area contributed by atoms with Crippen molar-refractivity contribution in [3.05, 3.63) is 48.2 Å². The number of aromatic amines is 1. The third-order valence-electron chi connectivity index (χ3n) is 4.93. The van der Waals surface area contributed by atoms with Crippen LogP contribution < -0.4 is 5.32 Å². The lowest BCUT2D eigenvalue weighted by Gasteiger charge is -2.25. The van der Waals surface area contributed by atoms with E-state index in [0.717, 1.165) is 36.3 Å². The molecule has 4 rings (SSSR count). The molecule has 2 aromatic heterocycles. The molecule has 1 unspecified atom stereocenters. The zero-order chi connectivity index (χ0) is 18.1. The molecule has 2 N–H and O–H groups in total. The smallest absolute Gasteiger partial charge is 0.318 e. The van der Waals surface area contributed by atoms with E-state index in [1.165, 1.54) is 5.39 Å². The zero-order valence-electron chi connectivity index (χ0n) is 15.1. The molecule has 2 heterocycles. The minimum Gasteiger partial charge on any atom is -0.361 e. The third kappa shape index (κ3) is 3.29. The molecule has 2 amide bonds. The molecule has 26 heavy (non-hydrogen) atoms. The molecule has 1 saturated carbocycles. The molecule has 1 fully saturated rings. The van der Waals surface area contributed by atoms with Gasteiger partial charge in [-0.15, -0.1) is 10.2 Å². The van der Waals surface area contributed by atoms with Gasteiger partial charge in [-0.25, -0.2) is 4.79 Å². The highest BCUT2D eigenvalue weighted by atomic mass is 16.2. The van der Waals surface area contributed by atoms with Crippen molar-refractivity contribution in [3.8, 4) is 0 Å². The van der Waals surface area contributed by atoms with Crippen molar-refractivity contribution in [1.29, 1.82) is 0 Å². The van der Waals surface area contributed by atoms with E-state index >= 15 is 0 Å². The average molecular weight is 352 g/mol. The van der Waals surface area contributed by atoms with Gasteiger partial charge in [0.1, 0.15) is 6.33 Å². The Morgan fingerprint density at radius 1 is 1.42 bits per heavy atom. The molecule has 1 atom stereocenters. The van der Waals surface area contributed by atoms with Crippen LogP contribution in [-0.2, 0) is 13.1 Å². The fraction of sp³-hybridized carbons (Fsp3) is 0.421. The van der Waals surface area contributed by atoms with Crippen molar-refractivity contribution in [3.63, 3.8) is 0 Å². The van der Waals surface area contributed by atoms with Crippen LogP contribution in [0.2, 0.25) is 0 Å². The van der Waals surface area contributed by atoms with Gasteiger partial charge in [-0.3, -0.25) is 0 Å². The normalized spacial score (nSPS) is 15.2. The number of nitrogens with one attached hydrogen (secondary N) is 2. The van der Waals surface area contributed by atoms with Gasteiger partial charge in [0.15, 0.2) is 5.82 Å². The van der Waals surface area contributed by atoms with E-state index in [-0.39, 0.29) is 12.1 Å². The number of hydrogen-bond acceptors (Lipinski definition) is 3. The molecule has 1 aliphatic rings. The number of urea groups is 1. The Labute approximate surface area is 152 Å². The molecule has 0 spiro atoms. The van der Waals surface area contributed by atoms with E-state index in [9.17, 15) is 4.79 Å². The number of aryl methyl sites for hydroxylation is 1. The summed E-state index contributed by atoms with van der Waals surface area (Å²) in [4.78, 5) is 18.0. The first-order chi connectivity index (χ1) is 12.7. The van der Waals surface area contributed by atoms with Crippen molar-refractivity contribution in [2.45, 2.75) is 51.9 Å². The van der Waals surface area contributed by atoms with E-state index < -0.39 is 0 Å². The molecule has 7 nitrogen and oxygen atoms in total. The highest BCUT2D eigenvalue weighted by molar-refractivity contribution is 5.80. The van der Waals surface area contributed by atoms with Crippen LogP contribution in [0.3, 0.4) is 0 Å². The molecule has 0 saturated heterocycles. The maximum atomic E-state index is 12.9. The molecule has 3 aromatic rings. The summed E-state index contributed by atoms with van der Waals surface area (Å²) in [6.07, 6.45) is 5.77. The summed E-state index contributed by atoms with van der Waals surface area (Å²) in [6.45, 7) is 5.39. The molecule has 1 aromatic carbocycles. The lowest BCUT2D eigenvalue weighted by atomic mass is 10.1. The minimum atomic E-state index is -0.182. The topological polar surface area (TPSA) is 78.8 Å². The predicted octanol–water partition coefficient (Wildman–Crippen LogP) is 3.21. The fourth-order valence-electron chi connectivity index (χ4n) is 3.33. The van der Waals surface area contributed by atoms with Crippen molar-refractivity contribution >= 4 is 16.9 Å². The summed E-state index contributed by atoms with van der Waals surface area (Å²) in [5.74, 6) is 0.783. The second-order valence-electron chi connectivity index (χ2n) is 6.90. The molecule has 1 aliphatic carbocycles. The highest BCUT2D eigenvalue weighted by Crippen LogP contribution is 2.29. The number of H-pyrrole nitrogens is 1. The number of fused-ring (bicyclic) bond motifs is 1. The van der Waals surface area contributed by atoms with Crippen LogP contribution in [0, 0.1) is 0 Å². The molecule has 0 aliphatic heterocycles. The van der Waals surface area contributed by atoms with Crippen molar-refractivity contribution < 1.29 is 4.79 Å². The largest absolute Gasteiger partial charge is 0.361 e. The number of rotatable bonds is 6. The third-order valence-corrected chi connectivity index (χ3v) is 4.93. The van der Waals surface area contributed by atoms with Crippen molar-refractivity contribution in [2.24, 2.45) is 0 Å². The Hall–Kier alpha value is -2.83. The van der Waals surface area contributed by atoms with Gasteiger partial charge in [0.05, 0.1) is 6.04 Å². The number of hydrogen-bond donors (Lipinski definition) is 2. The number of nitrogens with zero attached hydrogens (tertiary/aromatic N) is 4. The minimum absolute atomic E-state index is 0.0418. The summed E-state index contributed by atoms with van der Waals surface area (Å²) in [6, 6.07) is 8.45. The van der Waals surface area contributed by atoms with Crippen molar-refractivity contribution in [1.82, 2.24) is 30.0 Å². The average Bonchev–Trinajstić information content (AvgIpc) is 3.18. The lowest BCUT2D eigenvalue weighted by molar-refractivity contribution is 0.188. The molecule has 0 radical (unpaired) electrons. The van der Waals surface area contributed by atoms with Gasteiger partial charge >= 0.3 is 6.03 Å². The van der Waals surface area contributed by atoms with Crippen LogP contribution in [-0.4, -0.2) is 36.7 Å². The summed E-state index contributed by atoms with van der Waals surface area (Å²) < 4.78 is 1.95. The Kier molecular flexibility index (Phi) is 4.36. The Balaban J connectivity index is 1.48. The van der Waals surface area contributed by atoms with Crippen LogP contribution >= 0.6 is 0 Å². The number of amides is 2. The number of benzene rings is 1. The summed E-state index contributed by atoms with van der Waals surface area (Å²) in [5.41, 5.74) is 2.26. The lowest BCUT2D eigenvalue weighted by Crippen LogP contribution is -2.42. The van der Waals surface area contributed by atoms with E-state index in [2.05, 4.69) is 44.8 Å². The fourth-order valence-corrected chi connectivity index (χ4v) is 3.33. The van der Waals surface area contributed by atoms with Crippen molar-refractivity contribution in [2.75, 3.05) is 0 Å². The number of carbonyl (C=O) groups excluding carboxylic acids is 1. The maximum absolute atomic E-state index is 12.9. The van der Waals surface area contributed by atoms with E-state index in [1.54, 1.807) is 6.33 Å². The van der Waals surface area contributed by atoms with Crippen LogP contribution in [0.15, 0.2) is 36.8 Å². The van der Waals surface area contributed by atoms with E-state index in [0.29, 0.717) is 12.6 Å². The first-order valence-corrected chi connectivity index (χ1v) is 9.16. The SMILES string of the molecule is CCn1cnnc1C(C)NC(=O)N(Cc1ccc2[nH]ccc2c1)C1CC1. The first kappa shape index (κ1) is 16.6. The van der Waals surface area contributed by atoms with Crippen LogP contribution in [0.5, 0.6) is 0 Å². The monoisotopic (exact) mass is 352 g/mol. The molecule has 136 valence electrons. The van der Waals surface area contributed by atoms with Gasteiger partial charge in [0.25, 0.3) is 0 Å². The quantitative estimate of drug-likeness (QED) is 0.715. The second kappa shape index (κ2) is 6.82. The Morgan fingerprint density at radius 3 is 3.04 bits per heavy atom. The van der Waals surface area contributed by atoms with Gasteiger partial charge < -0.3 is 19.8 Å². The van der Waals surface area contributed by atoms with E-state index in [1.807, 2.05) is 29.5 Å². The Morgan fingerprint density at radius 2 is 2.27 bits per heavy atom. The van der Waals surface area contributed by atoms with Crippen LogP contribution in [0.1, 0.15) is 44.1 Å². The molecule has 7 heteroatoms. The Bertz CT molecular complexity index is 910. The maximum Gasteiger partial charge on any atom is 0.318 e. The zero-order valence-corrected chi connectivity index (χ0v) is 15.1. The standard InChI is InChI=1S/C19H24N6O/c1-3-24-12-21-23-18(24)13(2)22-19(26)25(16-5-6-16)11-14-4-7-17-15(10-14)8-9-20-17/h4,7-10,12-13,16,20H,3,5-6,11H2,1-2H3,(H,22,26). The highest BCUT2D eigenvalue weighted by Gasteiger charge is 2.33.